The van der Waals surface area contributed by atoms with E-state index in [1.165, 1.54) is 0 Å². The number of rotatable bonds is 6. The van der Waals surface area contributed by atoms with Crippen LogP contribution < -0.4 is 19.5 Å². The molecule has 0 aliphatic heterocycles. The molecule has 0 saturated heterocycles. The average Bonchev–Trinajstić information content (AvgIpc) is 2.79. The molecule has 4 aromatic rings. The zero-order chi connectivity index (χ0) is 20.2. The Bertz CT molecular complexity index is 1130. The molecule has 1 N–H and O–H groups in total. The van der Waals surface area contributed by atoms with Crippen LogP contribution in [0.3, 0.4) is 0 Å². The van der Waals surface area contributed by atoms with Crippen molar-refractivity contribution in [2.45, 2.75) is 0 Å². The van der Waals surface area contributed by atoms with Crippen LogP contribution >= 0.6 is 0 Å². The van der Waals surface area contributed by atoms with Crippen molar-refractivity contribution in [2.75, 3.05) is 26.6 Å². The summed E-state index contributed by atoms with van der Waals surface area (Å²) in [6.45, 7) is 0. The van der Waals surface area contributed by atoms with Crippen LogP contribution in [0.1, 0.15) is 0 Å². The molecule has 6 heteroatoms. The summed E-state index contributed by atoms with van der Waals surface area (Å²) in [4.78, 5) is 9.54. The van der Waals surface area contributed by atoms with Crippen LogP contribution in [0.15, 0.2) is 66.7 Å². The second-order valence-electron chi connectivity index (χ2n) is 6.34. The van der Waals surface area contributed by atoms with E-state index in [0.717, 1.165) is 27.9 Å². The average molecular weight is 387 g/mol. The standard InChI is InChI=1S/C23H21N3O3/c1-27-17-11-9-16(10-12-17)24-23-18-13-20(28-2)21(29-3)14-19(18)25-22(26-23)15-7-5-4-6-8-15/h4-14H,1-3H3,(H,24,25,26). The summed E-state index contributed by atoms with van der Waals surface area (Å²) in [7, 11) is 4.87. The predicted molar refractivity (Wildman–Crippen MR) is 114 cm³/mol. The first-order valence-electron chi connectivity index (χ1n) is 9.12. The number of aromatic nitrogens is 2. The first-order valence-corrected chi connectivity index (χ1v) is 9.12. The van der Waals surface area contributed by atoms with Gasteiger partial charge in [0.25, 0.3) is 0 Å². The Kier molecular flexibility index (Phi) is 5.16. The molecule has 0 aliphatic carbocycles. The van der Waals surface area contributed by atoms with Gasteiger partial charge in [-0.1, -0.05) is 30.3 Å². The number of fused-ring (bicyclic) bond motifs is 1. The van der Waals surface area contributed by atoms with Crippen LogP contribution in [0.25, 0.3) is 22.3 Å². The molecule has 1 aromatic heterocycles. The van der Waals surface area contributed by atoms with Crippen molar-refractivity contribution in [2.24, 2.45) is 0 Å². The van der Waals surface area contributed by atoms with Gasteiger partial charge in [-0.25, -0.2) is 9.97 Å². The molecule has 0 unspecified atom stereocenters. The van der Waals surface area contributed by atoms with Crippen molar-refractivity contribution >= 4 is 22.4 Å². The molecule has 146 valence electrons. The highest BCUT2D eigenvalue weighted by Gasteiger charge is 2.14. The smallest absolute Gasteiger partial charge is 0.162 e. The lowest BCUT2D eigenvalue weighted by Gasteiger charge is -2.14. The molecular weight excluding hydrogens is 366 g/mol. The summed E-state index contributed by atoms with van der Waals surface area (Å²) >= 11 is 0. The van der Waals surface area contributed by atoms with Gasteiger partial charge in [0.05, 0.1) is 26.8 Å². The fraction of sp³-hybridized carbons (Fsp3) is 0.130. The van der Waals surface area contributed by atoms with Crippen LogP contribution in [-0.2, 0) is 0 Å². The topological polar surface area (TPSA) is 65.5 Å². The van der Waals surface area contributed by atoms with Gasteiger partial charge in [-0.15, -0.1) is 0 Å². The van der Waals surface area contributed by atoms with Crippen molar-refractivity contribution in [1.29, 1.82) is 0 Å². The second-order valence-corrected chi connectivity index (χ2v) is 6.34. The fourth-order valence-electron chi connectivity index (χ4n) is 3.08. The zero-order valence-electron chi connectivity index (χ0n) is 16.5. The first-order chi connectivity index (χ1) is 14.2. The molecule has 0 bridgehead atoms. The van der Waals surface area contributed by atoms with Crippen molar-refractivity contribution in [3.63, 3.8) is 0 Å². The van der Waals surface area contributed by atoms with Gasteiger partial charge in [0.1, 0.15) is 11.6 Å². The lowest BCUT2D eigenvalue weighted by atomic mass is 10.1. The van der Waals surface area contributed by atoms with E-state index < -0.39 is 0 Å². The normalized spacial score (nSPS) is 10.6. The van der Waals surface area contributed by atoms with Crippen molar-refractivity contribution in [1.82, 2.24) is 9.97 Å². The van der Waals surface area contributed by atoms with Crippen LogP contribution in [0, 0.1) is 0 Å². The lowest BCUT2D eigenvalue weighted by molar-refractivity contribution is 0.356. The number of benzene rings is 3. The molecule has 6 nitrogen and oxygen atoms in total. The molecule has 0 saturated carbocycles. The molecule has 29 heavy (non-hydrogen) atoms. The maximum atomic E-state index is 5.47. The minimum Gasteiger partial charge on any atom is -0.497 e. The van der Waals surface area contributed by atoms with Gasteiger partial charge in [-0.3, -0.25) is 0 Å². The van der Waals surface area contributed by atoms with Gasteiger partial charge in [-0.05, 0) is 30.3 Å². The quantitative estimate of drug-likeness (QED) is 0.498. The van der Waals surface area contributed by atoms with Gasteiger partial charge in [0.15, 0.2) is 17.3 Å². The second kappa shape index (κ2) is 8.06. The van der Waals surface area contributed by atoms with E-state index in [2.05, 4.69) is 5.32 Å². The molecule has 0 aliphatic rings. The van der Waals surface area contributed by atoms with Crippen LogP contribution in [0.5, 0.6) is 17.2 Å². The minimum absolute atomic E-state index is 0.619. The van der Waals surface area contributed by atoms with E-state index in [1.807, 2.05) is 66.7 Å². The summed E-state index contributed by atoms with van der Waals surface area (Å²) in [5.41, 5.74) is 2.58. The van der Waals surface area contributed by atoms with Crippen molar-refractivity contribution in [3.8, 4) is 28.6 Å². The molecule has 0 fully saturated rings. The maximum absolute atomic E-state index is 5.47. The van der Waals surface area contributed by atoms with Crippen molar-refractivity contribution in [3.05, 3.63) is 66.7 Å². The first kappa shape index (κ1) is 18.6. The van der Waals surface area contributed by atoms with Gasteiger partial charge in [-0.2, -0.15) is 0 Å². The molecule has 0 atom stereocenters. The maximum Gasteiger partial charge on any atom is 0.162 e. The molecule has 3 aromatic carbocycles. The Morgan fingerprint density at radius 2 is 1.41 bits per heavy atom. The highest BCUT2D eigenvalue weighted by Crippen LogP contribution is 2.36. The third-order valence-corrected chi connectivity index (χ3v) is 4.59. The Morgan fingerprint density at radius 1 is 0.724 bits per heavy atom. The number of nitrogens with zero attached hydrogens (tertiary/aromatic N) is 2. The van der Waals surface area contributed by atoms with Crippen molar-refractivity contribution < 1.29 is 14.2 Å². The van der Waals surface area contributed by atoms with Crippen LogP contribution in [0.2, 0.25) is 0 Å². The molecule has 0 spiro atoms. The summed E-state index contributed by atoms with van der Waals surface area (Å²) in [5.74, 6) is 3.34. The number of hydrogen-bond acceptors (Lipinski definition) is 6. The summed E-state index contributed by atoms with van der Waals surface area (Å²) in [6.07, 6.45) is 0. The predicted octanol–water partition coefficient (Wildman–Crippen LogP) is 5.07. The third kappa shape index (κ3) is 3.78. The highest BCUT2D eigenvalue weighted by atomic mass is 16.5. The van der Waals surface area contributed by atoms with E-state index in [0.29, 0.717) is 23.1 Å². The highest BCUT2D eigenvalue weighted by molar-refractivity contribution is 5.94. The summed E-state index contributed by atoms with van der Waals surface area (Å²) < 4.78 is 16.2. The third-order valence-electron chi connectivity index (χ3n) is 4.59. The van der Waals surface area contributed by atoms with Crippen LogP contribution in [0.4, 0.5) is 11.5 Å². The SMILES string of the molecule is COc1ccc(Nc2nc(-c3ccccc3)nc3cc(OC)c(OC)cc23)cc1. The van der Waals surface area contributed by atoms with Gasteiger partial charge in [0, 0.05) is 22.7 Å². The van der Waals surface area contributed by atoms with E-state index in [4.69, 9.17) is 24.2 Å². The fourth-order valence-corrected chi connectivity index (χ4v) is 3.08. The Balaban J connectivity index is 1.88. The molecular formula is C23H21N3O3. The molecule has 1 heterocycles. The Morgan fingerprint density at radius 3 is 2.07 bits per heavy atom. The van der Waals surface area contributed by atoms with E-state index >= 15 is 0 Å². The van der Waals surface area contributed by atoms with Gasteiger partial charge < -0.3 is 19.5 Å². The Labute approximate surface area is 169 Å². The number of nitrogens with one attached hydrogen (secondary N) is 1. The summed E-state index contributed by atoms with van der Waals surface area (Å²) in [6, 6.07) is 21.3. The number of hydrogen-bond donors (Lipinski definition) is 1. The largest absolute Gasteiger partial charge is 0.497 e. The molecule has 4 rings (SSSR count). The molecule has 0 radical (unpaired) electrons. The number of anilines is 2. The minimum atomic E-state index is 0.619. The number of methoxy groups -OCH3 is 3. The molecule has 0 amide bonds. The lowest BCUT2D eigenvalue weighted by Crippen LogP contribution is -2.01. The van der Waals surface area contributed by atoms with Gasteiger partial charge >= 0.3 is 0 Å². The van der Waals surface area contributed by atoms with Gasteiger partial charge in [0.2, 0.25) is 0 Å². The number of ether oxygens (including phenoxy) is 3. The van der Waals surface area contributed by atoms with E-state index in [1.54, 1.807) is 21.3 Å². The van der Waals surface area contributed by atoms with Crippen LogP contribution in [-0.4, -0.2) is 31.3 Å². The monoisotopic (exact) mass is 387 g/mol. The zero-order valence-corrected chi connectivity index (χ0v) is 16.5. The van der Waals surface area contributed by atoms with E-state index in [-0.39, 0.29) is 0 Å². The Hall–Kier alpha value is -3.80. The summed E-state index contributed by atoms with van der Waals surface area (Å²) in [5, 5.41) is 4.23. The van der Waals surface area contributed by atoms with E-state index in [9.17, 15) is 0 Å².